The number of nitrogens with one attached hydrogen (secondary N) is 1. The third-order valence-corrected chi connectivity index (χ3v) is 3.25. The highest BCUT2D eigenvalue weighted by atomic mass is 16.5. The first-order chi connectivity index (χ1) is 9.65. The van der Waals surface area contributed by atoms with Gasteiger partial charge in [0.25, 0.3) is 0 Å². The lowest BCUT2D eigenvalue weighted by Crippen LogP contribution is -2.39. The molecule has 0 saturated carbocycles. The Kier molecular flexibility index (Phi) is 7.98. The lowest BCUT2D eigenvalue weighted by Gasteiger charge is -2.16. The standard InChI is InChI=1S/C13H24N2O5/c1-19-8-9-20-7-3-2-5-14-13(18)15-6-4-11(10-15)12(16)17/h11H,2-10H2,1H3,(H,14,18)(H,16,17). The van der Waals surface area contributed by atoms with Crippen molar-refractivity contribution in [2.75, 3.05) is 46.6 Å². The van der Waals surface area contributed by atoms with Gasteiger partial charge in [0.05, 0.1) is 19.1 Å². The number of carbonyl (C=O) groups is 2. The summed E-state index contributed by atoms with van der Waals surface area (Å²) in [4.78, 5) is 24.1. The van der Waals surface area contributed by atoms with Gasteiger partial charge in [-0.05, 0) is 19.3 Å². The number of aliphatic carboxylic acids is 1. The molecule has 0 aromatic rings. The van der Waals surface area contributed by atoms with E-state index in [4.69, 9.17) is 14.6 Å². The molecule has 1 saturated heterocycles. The van der Waals surface area contributed by atoms with Crippen LogP contribution in [0.4, 0.5) is 4.79 Å². The molecule has 0 radical (unpaired) electrons. The molecule has 1 aliphatic heterocycles. The van der Waals surface area contributed by atoms with Crippen LogP contribution in [-0.4, -0.2) is 68.6 Å². The van der Waals surface area contributed by atoms with Crippen molar-refractivity contribution in [1.82, 2.24) is 10.2 Å². The topological polar surface area (TPSA) is 88.1 Å². The van der Waals surface area contributed by atoms with Gasteiger partial charge < -0.3 is 24.8 Å². The number of carboxylic acid groups (broad SMARTS) is 1. The number of unbranched alkanes of at least 4 members (excludes halogenated alkanes) is 1. The van der Waals surface area contributed by atoms with Crippen molar-refractivity contribution in [2.45, 2.75) is 19.3 Å². The molecule has 2 N–H and O–H groups in total. The summed E-state index contributed by atoms with van der Waals surface area (Å²) in [5.74, 6) is -1.25. The maximum absolute atomic E-state index is 11.8. The maximum Gasteiger partial charge on any atom is 0.317 e. The molecule has 0 spiro atoms. The minimum Gasteiger partial charge on any atom is -0.481 e. The average molecular weight is 288 g/mol. The molecular weight excluding hydrogens is 264 g/mol. The van der Waals surface area contributed by atoms with Crippen molar-refractivity contribution in [3.05, 3.63) is 0 Å². The van der Waals surface area contributed by atoms with E-state index >= 15 is 0 Å². The molecule has 1 heterocycles. The quantitative estimate of drug-likeness (QED) is 0.605. The first kappa shape index (κ1) is 16.7. The van der Waals surface area contributed by atoms with Crippen molar-refractivity contribution in [2.24, 2.45) is 5.92 Å². The minimum absolute atomic E-state index is 0.172. The second-order valence-electron chi connectivity index (χ2n) is 4.81. The molecule has 2 amide bonds. The van der Waals surface area contributed by atoms with E-state index in [0.29, 0.717) is 45.9 Å². The normalized spacial score (nSPS) is 18.2. The zero-order valence-electron chi connectivity index (χ0n) is 12.0. The number of nitrogens with zero attached hydrogens (tertiary/aromatic N) is 1. The number of hydrogen-bond donors (Lipinski definition) is 2. The molecule has 1 aliphatic rings. The predicted molar refractivity (Wildman–Crippen MR) is 72.6 cm³/mol. The summed E-state index contributed by atoms with van der Waals surface area (Å²) in [6.45, 7) is 3.25. The summed E-state index contributed by atoms with van der Waals surface area (Å²) < 4.78 is 10.2. The monoisotopic (exact) mass is 288 g/mol. The highest BCUT2D eigenvalue weighted by molar-refractivity contribution is 5.77. The van der Waals surface area contributed by atoms with E-state index in [2.05, 4.69) is 5.32 Å². The van der Waals surface area contributed by atoms with Gasteiger partial charge in [-0.2, -0.15) is 0 Å². The molecule has 116 valence electrons. The number of hydrogen-bond acceptors (Lipinski definition) is 4. The van der Waals surface area contributed by atoms with E-state index in [-0.39, 0.29) is 6.03 Å². The highest BCUT2D eigenvalue weighted by Crippen LogP contribution is 2.15. The molecule has 0 aromatic heterocycles. The van der Waals surface area contributed by atoms with Crippen LogP contribution < -0.4 is 5.32 Å². The summed E-state index contributed by atoms with van der Waals surface area (Å²) in [7, 11) is 1.63. The first-order valence-electron chi connectivity index (χ1n) is 6.97. The van der Waals surface area contributed by atoms with Gasteiger partial charge >= 0.3 is 12.0 Å². The predicted octanol–water partition coefficient (Wildman–Crippen LogP) is 0.546. The number of carboxylic acids is 1. The van der Waals surface area contributed by atoms with E-state index in [0.717, 1.165) is 12.8 Å². The fraction of sp³-hybridized carbons (Fsp3) is 0.846. The fourth-order valence-corrected chi connectivity index (χ4v) is 2.03. The second kappa shape index (κ2) is 9.55. The lowest BCUT2D eigenvalue weighted by atomic mass is 10.1. The van der Waals surface area contributed by atoms with Crippen molar-refractivity contribution < 1.29 is 24.2 Å². The smallest absolute Gasteiger partial charge is 0.317 e. The first-order valence-corrected chi connectivity index (χ1v) is 6.97. The van der Waals surface area contributed by atoms with Crippen LogP contribution in [0.5, 0.6) is 0 Å². The van der Waals surface area contributed by atoms with Crippen LogP contribution in [0.3, 0.4) is 0 Å². The van der Waals surface area contributed by atoms with Gasteiger partial charge in [-0.3, -0.25) is 4.79 Å². The van der Waals surface area contributed by atoms with E-state index in [1.165, 1.54) is 0 Å². The Hall–Kier alpha value is -1.34. The van der Waals surface area contributed by atoms with Crippen molar-refractivity contribution in [3.63, 3.8) is 0 Å². The summed E-state index contributed by atoms with van der Waals surface area (Å²) in [6, 6.07) is -0.172. The molecule has 0 bridgehead atoms. The summed E-state index contributed by atoms with van der Waals surface area (Å²) in [5, 5.41) is 11.7. The van der Waals surface area contributed by atoms with Gasteiger partial charge in [0.2, 0.25) is 0 Å². The molecule has 7 nitrogen and oxygen atoms in total. The number of likely N-dealkylation sites (tertiary alicyclic amines) is 1. The third kappa shape index (κ3) is 6.21. The Labute approximate surface area is 119 Å². The van der Waals surface area contributed by atoms with Crippen LogP contribution in [0.2, 0.25) is 0 Å². The fourth-order valence-electron chi connectivity index (χ4n) is 2.03. The molecule has 20 heavy (non-hydrogen) atoms. The number of methoxy groups -OCH3 is 1. The zero-order chi connectivity index (χ0) is 14.8. The second-order valence-corrected chi connectivity index (χ2v) is 4.81. The number of carbonyl (C=O) groups excluding carboxylic acids is 1. The molecule has 1 fully saturated rings. The Morgan fingerprint density at radius 2 is 2.10 bits per heavy atom. The van der Waals surface area contributed by atoms with Gasteiger partial charge in [-0.25, -0.2) is 4.79 Å². The van der Waals surface area contributed by atoms with E-state index in [1.807, 2.05) is 0 Å². The van der Waals surface area contributed by atoms with Gasteiger partial charge in [0.15, 0.2) is 0 Å². The lowest BCUT2D eigenvalue weighted by molar-refractivity contribution is -0.141. The Balaban J connectivity index is 1.99. The summed E-state index contributed by atoms with van der Waals surface area (Å²) in [5.41, 5.74) is 0. The van der Waals surface area contributed by atoms with Crippen LogP contribution in [-0.2, 0) is 14.3 Å². The van der Waals surface area contributed by atoms with Gasteiger partial charge in [0.1, 0.15) is 0 Å². The van der Waals surface area contributed by atoms with Crippen LogP contribution in [0.25, 0.3) is 0 Å². The molecule has 7 heteroatoms. The van der Waals surface area contributed by atoms with Crippen molar-refractivity contribution in [3.8, 4) is 0 Å². The summed E-state index contributed by atoms with van der Waals surface area (Å²) >= 11 is 0. The average Bonchev–Trinajstić information content (AvgIpc) is 2.91. The number of urea groups is 1. The molecule has 1 atom stereocenters. The van der Waals surface area contributed by atoms with Gasteiger partial charge in [-0.15, -0.1) is 0 Å². The Bertz CT molecular complexity index is 311. The van der Waals surface area contributed by atoms with Crippen molar-refractivity contribution in [1.29, 1.82) is 0 Å². The van der Waals surface area contributed by atoms with Crippen LogP contribution in [0.1, 0.15) is 19.3 Å². The van der Waals surface area contributed by atoms with Crippen LogP contribution in [0.15, 0.2) is 0 Å². The molecule has 1 unspecified atom stereocenters. The third-order valence-electron chi connectivity index (χ3n) is 3.25. The largest absolute Gasteiger partial charge is 0.481 e. The number of rotatable bonds is 9. The highest BCUT2D eigenvalue weighted by Gasteiger charge is 2.30. The van der Waals surface area contributed by atoms with E-state index in [9.17, 15) is 9.59 Å². The minimum atomic E-state index is -0.825. The number of ether oxygens (including phenoxy) is 2. The summed E-state index contributed by atoms with van der Waals surface area (Å²) in [6.07, 6.45) is 2.26. The van der Waals surface area contributed by atoms with E-state index < -0.39 is 11.9 Å². The van der Waals surface area contributed by atoms with E-state index in [1.54, 1.807) is 12.0 Å². The SMILES string of the molecule is COCCOCCCCNC(=O)N1CCC(C(=O)O)C1. The van der Waals surface area contributed by atoms with Crippen LogP contribution in [0, 0.1) is 5.92 Å². The zero-order valence-corrected chi connectivity index (χ0v) is 12.0. The Morgan fingerprint density at radius 3 is 2.75 bits per heavy atom. The molecule has 0 aliphatic carbocycles. The number of amides is 2. The van der Waals surface area contributed by atoms with Crippen LogP contribution >= 0.6 is 0 Å². The molecule has 1 rings (SSSR count). The van der Waals surface area contributed by atoms with Crippen molar-refractivity contribution >= 4 is 12.0 Å². The van der Waals surface area contributed by atoms with Gasteiger partial charge in [-0.1, -0.05) is 0 Å². The molecular formula is C13H24N2O5. The van der Waals surface area contributed by atoms with Gasteiger partial charge in [0, 0.05) is 33.4 Å². The Morgan fingerprint density at radius 1 is 1.30 bits per heavy atom. The maximum atomic E-state index is 11.8. The molecule has 0 aromatic carbocycles.